The van der Waals surface area contributed by atoms with E-state index in [4.69, 9.17) is 9.47 Å². The lowest BCUT2D eigenvalue weighted by atomic mass is 9.97. The number of hydrogen-bond acceptors (Lipinski definition) is 5. The van der Waals surface area contributed by atoms with Crippen LogP contribution in [0.15, 0.2) is 60.7 Å². The van der Waals surface area contributed by atoms with Crippen LogP contribution < -0.4 is 0 Å². The molecule has 2 atom stereocenters. The summed E-state index contributed by atoms with van der Waals surface area (Å²) >= 11 is 0. The highest BCUT2D eigenvalue weighted by molar-refractivity contribution is 5.91. The van der Waals surface area contributed by atoms with Crippen LogP contribution in [0.4, 0.5) is 4.79 Å². The van der Waals surface area contributed by atoms with Gasteiger partial charge in [0.05, 0.1) is 7.11 Å². The zero-order chi connectivity index (χ0) is 23.8. The van der Waals surface area contributed by atoms with Crippen molar-refractivity contribution < 1.29 is 23.9 Å². The largest absolute Gasteiger partial charge is 0.467 e. The van der Waals surface area contributed by atoms with Gasteiger partial charge >= 0.3 is 12.1 Å². The molecule has 0 unspecified atom stereocenters. The standard InChI is InChI=1S/C26H32N2O5/c1-19(2)16-23(25(30)32-3)27-14-15-28(26(31)33-18-21-12-8-5-9-13-21)22(24(27)29)17-20-10-6-4-7-11-20/h4-13,19,22-23H,14-18H2,1-3H3/t22-,23+/m0/s1. The fourth-order valence-electron chi connectivity index (χ4n) is 4.10. The highest BCUT2D eigenvalue weighted by Crippen LogP contribution is 2.23. The first kappa shape index (κ1) is 24.3. The summed E-state index contributed by atoms with van der Waals surface area (Å²) in [7, 11) is 1.33. The van der Waals surface area contributed by atoms with E-state index in [-0.39, 0.29) is 31.5 Å². The predicted molar refractivity (Wildman–Crippen MR) is 124 cm³/mol. The van der Waals surface area contributed by atoms with Gasteiger partial charge in [-0.2, -0.15) is 0 Å². The number of esters is 1. The van der Waals surface area contributed by atoms with Gasteiger partial charge in [0.25, 0.3) is 0 Å². The molecule has 33 heavy (non-hydrogen) atoms. The highest BCUT2D eigenvalue weighted by atomic mass is 16.6. The van der Waals surface area contributed by atoms with Gasteiger partial charge in [0.2, 0.25) is 5.91 Å². The molecule has 0 N–H and O–H groups in total. The molecule has 176 valence electrons. The minimum Gasteiger partial charge on any atom is -0.467 e. The van der Waals surface area contributed by atoms with E-state index in [0.717, 1.165) is 11.1 Å². The van der Waals surface area contributed by atoms with E-state index in [0.29, 0.717) is 12.8 Å². The summed E-state index contributed by atoms with van der Waals surface area (Å²) in [5.41, 5.74) is 1.80. The molecule has 7 heteroatoms. The van der Waals surface area contributed by atoms with E-state index in [2.05, 4.69) is 0 Å². The molecule has 2 aromatic carbocycles. The van der Waals surface area contributed by atoms with Crippen LogP contribution in [0.2, 0.25) is 0 Å². The third kappa shape index (κ3) is 6.34. The lowest BCUT2D eigenvalue weighted by Crippen LogP contribution is -2.63. The maximum atomic E-state index is 13.6. The molecule has 3 rings (SSSR count). The van der Waals surface area contributed by atoms with Gasteiger partial charge in [0.15, 0.2) is 0 Å². The summed E-state index contributed by atoms with van der Waals surface area (Å²) in [5, 5.41) is 0. The average Bonchev–Trinajstić information content (AvgIpc) is 2.83. The van der Waals surface area contributed by atoms with Gasteiger partial charge in [-0.05, 0) is 23.5 Å². The van der Waals surface area contributed by atoms with Crippen LogP contribution in [0.1, 0.15) is 31.4 Å². The minimum absolute atomic E-state index is 0.129. The average molecular weight is 453 g/mol. The second-order valence-corrected chi connectivity index (χ2v) is 8.64. The van der Waals surface area contributed by atoms with Crippen molar-refractivity contribution in [3.05, 3.63) is 71.8 Å². The Balaban J connectivity index is 1.82. The molecular formula is C26H32N2O5. The van der Waals surface area contributed by atoms with Crippen molar-refractivity contribution in [2.75, 3.05) is 20.2 Å². The third-order valence-corrected chi connectivity index (χ3v) is 5.78. The second kappa shape index (κ2) is 11.5. The molecule has 2 aromatic rings. The third-order valence-electron chi connectivity index (χ3n) is 5.78. The zero-order valence-corrected chi connectivity index (χ0v) is 19.5. The molecule has 1 fully saturated rings. The summed E-state index contributed by atoms with van der Waals surface area (Å²) in [6.07, 6.45) is 0.299. The fraction of sp³-hybridized carbons (Fsp3) is 0.423. The molecular weight excluding hydrogens is 420 g/mol. The molecule has 1 aliphatic rings. The van der Waals surface area contributed by atoms with Crippen LogP contribution in [0.5, 0.6) is 0 Å². The number of rotatable bonds is 8. The van der Waals surface area contributed by atoms with Gasteiger partial charge in [-0.25, -0.2) is 9.59 Å². The van der Waals surface area contributed by atoms with Crippen molar-refractivity contribution in [1.82, 2.24) is 9.80 Å². The van der Waals surface area contributed by atoms with Crippen LogP contribution in [0.3, 0.4) is 0 Å². The van der Waals surface area contributed by atoms with E-state index in [1.807, 2.05) is 74.5 Å². The Hall–Kier alpha value is -3.35. The number of carbonyl (C=O) groups excluding carboxylic acids is 3. The minimum atomic E-state index is -0.760. The topological polar surface area (TPSA) is 76.2 Å². The van der Waals surface area contributed by atoms with Crippen molar-refractivity contribution in [3.63, 3.8) is 0 Å². The van der Waals surface area contributed by atoms with E-state index >= 15 is 0 Å². The summed E-state index contributed by atoms with van der Waals surface area (Å²) in [4.78, 5) is 42.2. The van der Waals surface area contributed by atoms with Gasteiger partial charge in [-0.15, -0.1) is 0 Å². The van der Waals surface area contributed by atoms with Gasteiger partial charge in [0, 0.05) is 19.5 Å². The Labute approximate surface area is 195 Å². The Bertz CT molecular complexity index is 932. The quantitative estimate of drug-likeness (QED) is 0.572. The van der Waals surface area contributed by atoms with Gasteiger partial charge in [-0.1, -0.05) is 74.5 Å². The van der Waals surface area contributed by atoms with E-state index < -0.39 is 24.1 Å². The first-order chi connectivity index (χ1) is 15.9. The molecule has 1 heterocycles. The SMILES string of the molecule is COC(=O)[C@@H](CC(C)C)N1CCN(C(=O)OCc2ccccc2)[C@@H](Cc2ccccc2)C1=O. The van der Waals surface area contributed by atoms with Gasteiger partial charge in [-0.3, -0.25) is 9.69 Å². The highest BCUT2D eigenvalue weighted by Gasteiger charge is 2.43. The predicted octanol–water partition coefficient (Wildman–Crippen LogP) is 3.67. The molecule has 1 saturated heterocycles. The van der Waals surface area contributed by atoms with Crippen LogP contribution in [-0.4, -0.2) is 60.1 Å². The number of benzene rings is 2. The number of nitrogens with zero attached hydrogens (tertiary/aromatic N) is 2. The smallest absolute Gasteiger partial charge is 0.410 e. The maximum absolute atomic E-state index is 13.6. The Morgan fingerprint density at radius 2 is 1.58 bits per heavy atom. The molecule has 7 nitrogen and oxygen atoms in total. The summed E-state index contributed by atoms with van der Waals surface area (Å²) in [6, 6.07) is 17.5. The molecule has 0 radical (unpaired) electrons. The lowest BCUT2D eigenvalue weighted by molar-refractivity contribution is -0.158. The second-order valence-electron chi connectivity index (χ2n) is 8.64. The molecule has 0 bridgehead atoms. The molecule has 0 saturated carbocycles. The van der Waals surface area contributed by atoms with E-state index in [9.17, 15) is 14.4 Å². The van der Waals surface area contributed by atoms with Gasteiger partial charge < -0.3 is 14.4 Å². The van der Waals surface area contributed by atoms with E-state index in [1.165, 1.54) is 12.0 Å². The van der Waals surface area contributed by atoms with Crippen molar-refractivity contribution >= 4 is 18.0 Å². The van der Waals surface area contributed by atoms with Crippen LogP contribution >= 0.6 is 0 Å². The zero-order valence-electron chi connectivity index (χ0n) is 19.5. The number of ether oxygens (including phenoxy) is 2. The molecule has 2 amide bonds. The van der Waals surface area contributed by atoms with Crippen molar-refractivity contribution in [3.8, 4) is 0 Å². The van der Waals surface area contributed by atoms with Crippen LogP contribution in [-0.2, 0) is 32.1 Å². The normalized spacial score (nSPS) is 17.1. The van der Waals surface area contributed by atoms with E-state index in [1.54, 1.807) is 4.90 Å². The Kier molecular flexibility index (Phi) is 8.46. The number of carbonyl (C=O) groups is 3. The van der Waals surface area contributed by atoms with Crippen molar-refractivity contribution in [2.45, 2.75) is 45.4 Å². The summed E-state index contributed by atoms with van der Waals surface area (Å²) in [5.74, 6) is -0.503. The Morgan fingerprint density at radius 1 is 0.970 bits per heavy atom. The lowest BCUT2D eigenvalue weighted by Gasteiger charge is -2.42. The maximum Gasteiger partial charge on any atom is 0.410 e. The number of piperazine rings is 1. The molecule has 0 aromatic heterocycles. The molecule has 0 spiro atoms. The fourth-order valence-corrected chi connectivity index (χ4v) is 4.10. The first-order valence-corrected chi connectivity index (χ1v) is 11.3. The number of methoxy groups -OCH3 is 1. The van der Waals surface area contributed by atoms with Gasteiger partial charge in [0.1, 0.15) is 18.7 Å². The van der Waals surface area contributed by atoms with Crippen molar-refractivity contribution in [1.29, 1.82) is 0 Å². The first-order valence-electron chi connectivity index (χ1n) is 11.3. The van der Waals surface area contributed by atoms with Crippen molar-refractivity contribution in [2.24, 2.45) is 5.92 Å². The molecule has 1 aliphatic heterocycles. The summed E-state index contributed by atoms with van der Waals surface area (Å²) < 4.78 is 10.5. The van der Waals surface area contributed by atoms with Crippen LogP contribution in [0, 0.1) is 5.92 Å². The van der Waals surface area contributed by atoms with Crippen LogP contribution in [0.25, 0.3) is 0 Å². The summed E-state index contributed by atoms with van der Waals surface area (Å²) in [6.45, 7) is 4.65. The number of amides is 2. The Morgan fingerprint density at radius 3 is 2.15 bits per heavy atom. The number of hydrogen-bond donors (Lipinski definition) is 0. The monoisotopic (exact) mass is 452 g/mol. The molecule has 0 aliphatic carbocycles.